The fraction of sp³-hybridized carbons (Fsp3) is 0.907. The van der Waals surface area contributed by atoms with E-state index in [-0.39, 0.29) is 17.9 Å². The van der Waals surface area contributed by atoms with Crippen LogP contribution in [0, 0.1) is 29.1 Å². The van der Waals surface area contributed by atoms with Crippen molar-refractivity contribution in [3.63, 3.8) is 0 Å². The van der Waals surface area contributed by atoms with Crippen molar-refractivity contribution in [1.29, 1.82) is 0 Å². The first-order chi connectivity index (χ1) is 30.3. The highest BCUT2D eigenvalue weighted by molar-refractivity contribution is 7.47. The summed E-state index contributed by atoms with van der Waals surface area (Å²) in [5.41, 5.74) is 10.8. The van der Waals surface area contributed by atoms with Crippen LogP contribution in [0.15, 0.2) is 0 Å². The molecule has 15 atom stereocenters. The lowest BCUT2D eigenvalue weighted by Crippen LogP contribution is -2.68. The minimum absolute atomic E-state index is 0.0178. The molecule has 0 spiro atoms. The molecule has 0 aromatic rings. The standard InChI is InChI=1S/C43H80N3O18P/c1-24(2)12-11-14-25(3)15-16-27(5)17-20-43(7,8)19-10-9-13-26(4)18-21-58-30(39(53)54)23-59-65(56,57)64-41-37(35(63-42(45)55)34(51)36(61-41)38(44)52)62-40-31(46-28(6)48)33(50)32(49)29(22-47)60-40/h24-27,29-37,40-41,47,49-51H,9-23H2,1-8H3,(H2,44,52)(H2,45,55)(H,46,48)(H,53,54)(H,56,57)/t25?,26?,27?,29-,30-,31-,32-,33-,34+,35+,36+,37-,40+,41-/m1/s1. The van der Waals surface area contributed by atoms with Crippen LogP contribution in [0.25, 0.3) is 0 Å². The van der Waals surface area contributed by atoms with E-state index >= 15 is 0 Å². The number of carbonyl (C=O) groups excluding carboxylic acids is 3. The first-order valence-corrected chi connectivity index (χ1v) is 24.4. The number of amides is 3. The van der Waals surface area contributed by atoms with Crippen molar-refractivity contribution in [2.45, 2.75) is 200 Å². The topological polar surface area (TPSA) is 335 Å². The first kappa shape index (κ1) is 58.6. The van der Waals surface area contributed by atoms with E-state index in [0.717, 1.165) is 44.4 Å². The van der Waals surface area contributed by atoms with Crippen LogP contribution in [-0.4, -0.2) is 142 Å². The van der Waals surface area contributed by atoms with E-state index in [1.807, 2.05) is 6.92 Å². The van der Waals surface area contributed by atoms with Crippen LogP contribution in [0.3, 0.4) is 0 Å². The number of hydrogen-bond acceptors (Lipinski definition) is 16. The number of phosphoric acid groups is 1. The van der Waals surface area contributed by atoms with Gasteiger partial charge in [0.25, 0.3) is 0 Å². The zero-order valence-corrected chi connectivity index (χ0v) is 40.3. The molecule has 11 N–H and O–H groups in total. The maximum Gasteiger partial charge on any atom is 0.474 e. The first-order valence-electron chi connectivity index (χ1n) is 22.9. The number of aliphatic hydroxyl groups is 4. The molecule has 2 saturated heterocycles. The molecule has 22 heteroatoms. The molecule has 0 bridgehead atoms. The fourth-order valence-corrected chi connectivity index (χ4v) is 8.78. The smallest absolute Gasteiger partial charge is 0.474 e. The van der Waals surface area contributed by atoms with Crippen LogP contribution >= 0.6 is 7.82 Å². The van der Waals surface area contributed by atoms with Gasteiger partial charge in [-0.05, 0) is 48.3 Å². The minimum Gasteiger partial charge on any atom is -0.479 e. The Hall–Kier alpha value is -2.53. The van der Waals surface area contributed by atoms with Crippen LogP contribution < -0.4 is 16.8 Å². The molecule has 21 nitrogen and oxygen atoms in total. The van der Waals surface area contributed by atoms with Crippen molar-refractivity contribution >= 4 is 31.7 Å². The number of aliphatic carboxylic acids is 1. The van der Waals surface area contributed by atoms with Gasteiger partial charge in [0.05, 0.1) is 13.2 Å². The predicted octanol–water partition coefficient (Wildman–Crippen LogP) is 3.23. The van der Waals surface area contributed by atoms with E-state index in [1.165, 1.54) is 44.9 Å². The number of carboxylic acids is 1. The summed E-state index contributed by atoms with van der Waals surface area (Å²) in [6.07, 6.45) is -7.89. The molecule has 2 aliphatic heterocycles. The number of carboxylic acid groups (broad SMARTS) is 1. The van der Waals surface area contributed by atoms with Gasteiger partial charge in [0, 0.05) is 13.5 Å². The summed E-state index contributed by atoms with van der Waals surface area (Å²) in [5.74, 6) is -1.25. The van der Waals surface area contributed by atoms with Crippen molar-refractivity contribution < 1.29 is 86.9 Å². The van der Waals surface area contributed by atoms with E-state index < -0.39 is 112 Å². The summed E-state index contributed by atoms with van der Waals surface area (Å²) in [7, 11) is -5.46. The third kappa shape index (κ3) is 21.1. The molecule has 4 unspecified atom stereocenters. The van der Waals surface area contributed by atoms with Gasteiger partial charge in [0.15, 0.2) is 37.0 Å². The maximum atomic E-state index is 13.3. The van der Waals surface area contributed by atoms with E-state index in [0.29, 0.717) is 12.3 Å². The third-order valence-electron chi connectivity index (χ3n) is 12.2. The molecule has 2 rings (SSSR count). The molecule has 0 saturated carbocycles. The lowest BCUT2D eigenvalue weighted by Gasteiger charge is -2.47. The molecule has 2 aliphatic rings. The molecular weight excluding hydrogens is 877 g/mol. The lowest BCUT2D eigenvalue weighted by molar-refractivity contribution is -0.339. The van der Waals surface area contributed by atoms with E-state index in [4.69, 9.17) is 44.2 Å². The van der Waals surface area contributed by atoms with Crippen LogP contribution in [0.2, 0.25) is 0 Å². The maximum absolute atomic E-state index is 13.3. The van der Waals surface area contributed by atoms with Gasteiger partial charge in [-0.15, -0.1) is 0 Å². The summed E-state index contributed by atoms with van der Waals surface area (Å²) in [4.78, 5) is 59.1. The summed E-state index contributed by atoms with van der Waals surface area (Å²) in [6, 6.07) is -1.64. The molecule has 0 aromatic heterocycles. The largest absolute Gasteiger partial charge is 0.479 e. The molecule has 0 radical (unpaired) electrons. The van der Waals surface area contributed by atoms with Gasteiger partial charge in [-0.2, -0.15) is 0 Å². The second kappa shape index (κ2) is 28.1. The van der Waals surface area contributed by atoms with Gasteiger partial charge in [-0.25, -0.2) is 14.2 Å². The van der Waals surface area contributed by atoms with Crippen LogP contribution in [-0.2, 0) is 51.7 Å². The Bertz CT molecular complexity index is 1510. The third-order valence-corrected chi connectivity index (χ3v) is 13.1. The number of carbonyl (C=O) groups is 4. The van der Waals surface area contributed by atoms with Crippen molar-refractivity contribution in [2.75, 3.05) is 19.8 Å². The number of primary amides is 2. The van der Waals surface area contributed by atoms with Crippen molar-refractivity contribution in [2.24, 2.45) is 40.6 Å². The number of unbranched alkanes of at least 4 members (excludes halogenated alkanes) is 1. The van der Waals surface area contributed by atoms with Crippen molar-refractivity contribution in [3.05, 3.63) is 0 Å². The average Bonchev–Trinajstić information content (AvgIpc) is 3.20. The van der Waals surface area contributed by atoms with Crippen LogP contribution in [0.1, 0.15) is 132 Å². The number of aliphatic hydroxyl groups excluding tert-OH is 4. The molecule has 0 aromatic carbocycles. The summed E-state index contributed by atoms with van der Waals surface area (Å²) >= 11 is 0. The quantitative estimate of drug-likeness (QED) is 0.0356. The Morgan fingerprint density at radius 2 is 1.40 bits per heavy atom. The zero-order chi connectivity index (χ0) is 49.2. The van der Waals surface area contributed by atoms with E-state index in [9.17, 15) is 54.2 Å². The van der Waals surface area contributed by atoms with Crippen molar-refractivity contribution in [1.82, 2.24) is 5.32 Å². The Balaban J connectivity index is 1.99. The van der Waals surface area contributed by atoms with Crippen LogP contribution in [0.4, 0.5) is 4.79 Å². The lowest BCUT2D eigenvalue weighted by atomic mass is 9.79. The van der Waals surface area contributed by atoms with E-state index in [1.54, 1.807) is 0 Å². The number of rotatable bonds is 31. The van der Waals surface area contributed by atoms with Gasteiger partial charge in [-0.3, -0.25) is 18.6 Å². The van der Waals surface area contributed by atoms with Gasteiger partial charge < -0.3 is 70.9 Å². The Morgan fingerprint density at radius 3 is 1.97 bits per heavy atom. The number of nitrogens with one attached hydrogen (secondary N) is 1. The molecule has 2 heterocycles. The minimum atomic E-state index is -5.46. The van der Waals surface area contributed by atoms with Gasteiger partial charge >= 0.3 is 19.9 Å². The second-order valence-corrected chi connectivity index (χ2v) is 20.7. The van der Waals surface area contributed by atoms with Crippen molar-refractivity contribution in [3.8, 4) is 0 Å². The fourth-order valence-electron chi connectivity index (χ4n) is 7.96. The Morgan fingerprint density at radius 1 is 0.785 bits per heavy atom. The highest BCUT2D eigenvalue weighted by atomic mass is 31.2. The summed E-state index contributed by atoms with van der Waals surface area (Å²) in [5, 5.41) is 53.9. The number of hydrogen-bond donors (Lipinski definition) is 9. The van der Waals surface area contributed by atoms with Gasteiger partial charge in [0.2, 0.25) is 11.8 Å². The van der Waals surface area contributed by atoms with E-state index in [2.05, 4.69) is 46.9 Å². The Kier molecular flexibility index (Phi) is 25.3. The molecule has 3 amide bonds. The SMILES string of the molecule is CC(=O)N[C@H]1[C@H](O[C@H]2[C@@H](OP(=O)(O)OC[C@@H](OCCC(C)CCCCC(C)(C)CCC(C)CCC(C)CCCC(C)C)C(=O)O)O[C@H](C(N)=O)[C@@H](O)[C@@H]2OC(N)=O)O[C@H](CO)[C@@H](O)[C@@H]1O. The summed E-state index contributed by atoms with van der Waals surface area (Å²) < 4.78 is 50.6. The molecular formula is C43H80N3O18P. The number of phosphoric ester groups is 1. The molecule has 65 heavy (non-hydrogen) atoms. The molecule has 0 aliphatic carbocycles. The molecule has 380 valence electrons. The zero-order valence-electron chi connectivity index (χ0n) is 39.5. The van der Waals surface area contributed by atoms with Crippen LogP contribution in [0.5, 0.6) is 0 Å². The predicted molar refractivity (Wildman–Crippen MR) is 234 cm³/mol. The molecule has 2 fully saturated rings. The highest BCUT2D eigenvalue weighted by Crippen LogP contribution is 2.47. The number of ether oxygens (including phenoxy) is 5. The monoisotopic (exact) mass is 958 g/mol. The second-order valence-electron chi connectivity index (χ2n) is 19.3. The number of nitrogens with two attached hydrogens (primary N) is 2. The average molecular weight is 958 g/mol. The van der Waals surface area contributed by atoms with Gasteiger partial charge in [0.1, 0.15) is 30.5 Å². The summed E-state index contributed by atoms with van der Waals surface area (Å²) in [6.45, 7) is 15.1. The highest BCUT2D eigenvalue weighted by Gasteiger charge is 2.56. The Labute approximate surface area is 383 Å². The van der Waals surface area contributed by atoms with Gasteiger partial charge in [-0.1, -0.05) is 106 Å². The normalized spacial score (nSPS) is 29.0.